The summed E-state index contributed by atoms with van der Waals surface area (Å²) in [5.74, 6) is 0.739. The molecule has 1 heterocycles. The SMILES string of the molecule is CCNCc1cc(C)nc(C(C)(C)OC)n1. The van der Waals surface area contributed by atoms with Gasteiger partial charge < -0.3 is 10.1 Å². The first-order chi connectivity index (χ1) is 7.49. The molecule has 90 valence electrons. The first-order valence-corrected chi connectivity index (χ1v) is 5.60. The summed E-state index contributed by atoms with van der Waals surface area (Å²) in [7, 11) is 1.68. The predicted octanol–water partition coefficient (Wildman–Crippen LogP) is 1.78. The van der Waals surface area contributed by atoms with Crippen LogP contribution in [0.4, 0.5) is 0 Å². The van der Waals surface area contributed by atoms with Crippen molar-refractivity contribution in [1.82, 2.24) is 15.3 Å². The monoisotopic (exact) mass is 223 g/mol. The van der Waals surface area contributed by atoms with Crippen LogP contribution in [0.5, 0.6) is 0 Å². The van der Waals surface area contributed by atoms with Gasteiger partial charge in [0.15, 0.2) is 5.82 Å². The van der Waals surface area contributed by atoms with Crippen LogP contribution in [-0.2, 0) is 16.9 Å². The van der Waals surface area contributed by atoms with E-state index in [0.29, 0.717) is 0 Å². The van der Waals surface area contributed by atoms with Gasteiger partial charge in [0, 0.05) is 19.3 Å². The van der Waals surface area contributed by atoms with Gasteiger partial charge in [-0.15, -0.1) is 0 Å². The molecule has 1 aromatic rings. The molecule has 0 spiro atoms. The van der Waals surface area contributed by atoms with E-state index in [2.05, 4.69) is 22.2 Å². The van der Waals surface area contributed by atoms with Crippen molar-refractivity contribution in [2.45, 2.75) is 39.8 Å². The zero-order chi connectivity index (χ0) is 12.2. The highest BCUT2D eigenvalue weighted by Crippen LogP contribution is 2.20. The summed E-state index contributed by atoms with van der Waals surface area (Å²) < 4.78 is 5.39. The smallest absolute Gasteiger partial charge is 0.160 e. The molecule has 0 saturated heterocycles. The molecule has 1 N–H and O–H groups in total. The van der Waals surface area contributed by atoms with Crippen LogP contribution < -0.4 is 5.32 Å². The molecule has 0 amide bonds. The summed E-state index contributed by atoms with van der Waals surface area (Å²) in [6.07, 6.45) is 0. The summed E-state index contributed by atoms with van der Waals surface area (Å²) in [6, 6.07) is 2.00. The molecular formula is C12H21N3O. The Morgan fingerprint density at radius 2 is 2.06 bits per heavy atom. The third-order valence-electron chi connectivity index (χ3n) is 2.51. The van der Waals surface area contributed by atoms with Crippen LogP contribution in [0.3, 0.4) is 0 Å². The van der Waals surface area contributed by atoms with Crippen molar-refractivity contribution < 1.29 is 4.74 Å². The van der Waals surface area contributed by atoms with Crippen molar-refractivity contribution in [3.63, 3.8) is 0 Å². The fraction of sp³-hybridized carbons (Fsp3) is 0.667. The summed E-state index contributed by atoms with van der Waals surface area (Å²) in [5.41, 5.74) is 1.55. The molecule has 0 aliphatic heterocycles. The lowest BCUT2D eigenvalue weighted by atomic mass is 10.1. The Labute approximate surface area is 97.5 Å². The standard InChI is InChI=1S/C12H21N3O/c1-6-13-8-10-7-9(2)14-11(15-10)12(3,4)16-5/h7,13H,6,8H2,1-5H3. The molecule has 0 aliphatic carbocycles. The van der Waals surface area contributed by atoms with Gasteiger partial charge in [0.25, 0.3) is 0 Å². The fourth-order valence-corrected chi connectivity index (χ4v) is 1.34. The lowest BCUT2D eigenvalue weighted by Gasteiger charge is -2.22. The number of nitrogens with zero attached hydrogens (tertiary/aromatic N) is 2. The number of rotatable bonds is 5. The van der Waals surface area contributed by atoms with Crippen LogP contribution in [-0.4, -0.2) is 23.6 Å². The largest absolute Gasteiger partial charge is 0.371 e. The first-order valence-electron chi connectivity index (χ1n) is 5.60. The Morgan fingerprint density at radius 1 is 1.38 bits per heavy atom. The summed E-state index contributed by atoms with van der Waals surface area (Å²) >= 11 is 0. The number of ether oxygens (including phenoxy) is 1. The highest BCUT2D eigenvalue weighted by Gasteiger charge is 2.23. The van der Waals surface area contributed by atoms with Gasteiger partial charge in [-0.25, -0.2) is 9.97 Å². The third-order valence-corrected chi connectivity index (χ3v) is 2.51. The Hall–Kier alpha value is -1.00. The van der Waals surface area contributed by atoms with Gasteiger partial charge in [0.05, 0.1) is 5.69 Å². The quantitative estimate of drug-likeness (QED) is 0.826. The molecule has 0 aromatic carbocycles. The molecule has 0 radical (unpaired) electrons. The van der Waals surface area contributed by atoms with Crippen molar-refractivity contribution in [2.24, 2.45) is 0 Å². The molecule has 1 rings (SSSR count). The van der Waals surface area contributed by atoms with E-state index in [1.807, 2.05) is 26.8 Å². The minimum atomic E-state index is -0.438. The van der Waals surface area contributed by atoms with Gasteiger partial charge in [-0.05, 0) is 33.4 Å². The van der Waals surface area contributed by atoms with Crippen LogP contribution >= 0.6 is 0 Å². The lowest BCUT2D eigenvalue weighted by molar-refractivity contribution is 0.0111. The van der Waals surface area contributed by atoms with E-state index in [0.717, 1.165) is 30.3 Å². The van der Waals surface area contributed by atoms with E-state index < -0.39 is 5.60 Å². The molecule has 4 heteroatoms. The van der Waals surface area contributed by atoms with Crippen LogP contribution in [0.25, 0.3) is 0 Å². The Balaban J connectivity index is 2.98. The maximum absolute atomic E-state index is 5.39. The predicted molar refractivity (Wildman–Crippen MR) is 64.2 cm³/mol. The third kappa shape index (κ3) is 3.25. The van der Waals surface area contributed by atoms with Gasteiger partial charge in [0.2, 0.25) is 0 Å². The zero-order valence-corrected chi connectivity index (χ0v) is 10.8. The van der Waals surface area contributed by atoms with Crippen molar-refractivity contribution in [1.29, 1.82) is 0 Å². The van der Waals surface area contributed by atoms with E-state index >= 15 is 0 Å². The van der Waals surface area contributed by atoms with Gasteiger partial charge in [-0.1, -0.05) is 6.92 Å². The van der Waals surface area contributed by atoms with Gasteiger partial charge >= 0.3 is 0 Å². The van der Waals surface area contributed by atoms with Crippen LogP contribution in [0.15, 0.2) is 6.07 Å². The van der Waals surface area contributed by atoms with Crippen LogP contribution in [0.2, 0.25) is 0 Å². The van der Waals surface area contributed by atoms with E-state index in [1.165, 1.54) is 0 Å². The average molecular weight is 223 g/mol. The molecule has 0 atom stereocenters. The second-order valence-corrected chi connectivity index (χ2v) is 4.32. The summed E-state index contributed by atoms with van der Waals surface area (Å²) in [4.78, 5) is 8.94. The van der Waals surface area contributed by atoms with Gasteiger partial charge in [-0.2, -0.15) is 0 Å². The topological polar surface area (TPSA) is 47.0 Å². The first kappa shape index (κ1) is 13.1. The van der Waals surface area contributed by atoms with Crippen molar-refractivity contribution in [3.05, 3.63) is 23.3 Å². The molecular weight excluding hydrogens is 202 g/mol. The van der Waals surface area contributed by atoms with Crippen molar-refractivity contribution in [2.75, 3.05) is 13.7 Å². The summed E-state index contributed by atoms with van der Waals surface area (Å²) in [5, 5.41) is 3.26. The molecule has 4 nitrogen and oxygen atoms in total. The lowest BCUT2D eigenvalue weighted by Crippen LogP contribution is -2.25. The van der Waals surface area contributed by atoms with Crippen molar-refractivity contribution in [3.8, 4) is 0 Å². The molecule has 1 aromatic heterocycles. The number of hydrogen-bond acceptors (Lipinski definition) is 4. The van der Waals surface area contributed by atoms with Gasteiger partial charge in [0.1, 0.15) is 5.60 Å². The minimum absolute atomic E-state index is 0.438. The Kier molecular flexibility index (Phi) is 4.38. The molecule has 0 saturated carbocycles. The second-order valence-electron chi connectivity index (χ2n) is 4.32. The maximum atomic E-state index is 5.39. The normalized spacial score (nSPS) is 11.8. The van der Waals surface area contributed by atoms with Crippen LogP contribution in [0.1, 0.15) is 38.0 Å². The van der Waals surface area contributed by atoms with Crippen LogP contribution in [0, 0.1) is 6.92 Å². The van der Waals surface area contributed by atoms with E-state index in [1.54, 1.807) is 7.11 Å². The maximum Gasteiger partial charge on any atom is 0.160 e. The molecule has 0 aliphatic rings. The van der Waals surface area contributed by atoms with E-state index in [9.17, 15) is 0 Å². The summed E-state index contributed by atoms with van der Waals surface area (Å²) in [6.45, 7) is 9.71. The number of aromatic nitrogens is 2. The fourth-order valence-electron chi connectivity index (χ4n) is 1.34. The highest BCUT2D eigenvalue weighted by molar-refractivity contribution is 5.13. The second kappa shape index (κ2) is 5.37. The molecule has 0 bridgehead atoms. The number of aryl methyl sites for hydroxylation is 1. The number of methoxy groups -OCH3 is 1. The Morgan fingerprint density at radius 3 is 2.62 bits per heavy atom. The molecule has 0 unspecified atom stereocenters. The van der Waals surface area contributed by atoms with Crippen molar-refractivity contribution >= 4 is 0 Å². The minimum Gasteiger partial charge on any atom is -0.371 e. The Bertz CT molecular complexity index is 350. The highest BCUT2D eigenvalue weighted by atomic mass is 16.5. The number of nitrogens with one attached hydrogen (secondary N) is 1. The van der Waals surface area contributed by atoms with E-state index in [4.69, 9.17) is 4.74 Å². The molecule has 0 fully saturated rings. The molecule has 16 heavy (non-hydrogen) atoms. The average Bonchev–Trinajstić information content (AvgIpc) is 2.25. The number of hydrogen-bond donors (Lipinski definition) is 1. The zero-order valence-electron chi connectivity index (χ0n) is 10.8. The van der Waals surface area contributed by atoms with E-state index in [-0.39, 0.29) is 0 Å². The van der Waals surface area contributed by atoms with Gasteiger partial charge in [-0.3, -0.25) is 0 Å².